The fraction of sp³-hybridized carbons (Fsp3) is 0.545. The first-order valence-corrected chi connectivity index (χ1v) is 5.83. The lowest BCUT2D eigenvalue weighted by molar-refractivity contribution is 0.179. The van der Waals surface area contributed by atoms with Crippen molar-refractivity contribution in [3.63, 3.8) is 0 Å². The third-order valence-corrected chi connectivity index (χ3v) is 2.92. The van der Waals surface area contributed by atoms with E-state index in [1.807, 2.05) is 0 Å². The van der Waals surface area contributed by atoms with Crippen LogP contribution in [0.15, 0.2) is 15.9 Å². The van der Waals surface area contributed by atoms with Gasteiger partial charge < -0.3 is 10.1 Å². The van der Waals surface area contributed by atoms with Crippen LogP contribution in [0.4, 0.5) is 0 Å². The fourth-order valence-electron chi connectivity index (χ4n) is 1.93. The van der Waals surface area contributed by atoms with E-state index in [2.05, 4.69) is 9.97 Å². The molecule has 0 fully saturated rings. The van der Waals surface area contributed by atoms with E-state index in [0.29, 0.717) is 30.6 Å². The van der Waals surface area contributed by atoms with Crippen LogP contribution >= 0.6 is 0 Å². The third kappa shape index (κ3) is 2.08. The number of H-pyrrole nitrogens is 1. The Balaban J connectivity index is 2.44. The molecule has 7 nitrogen and oxygen atoms in total. The van der Waals surface area contributed by atoms with E-state index in [1.54, 1.807) is 14.0 Å². The van der Waals surface area contributed by atoms with Crippen molar-refractivity contribution in [3.8, 4) is 0 Å². The van der Waals surface area contributed by atoms with Crippen LogP contribution in [-0.4, -0.2) is 30.3 Å². The molecule has 0 aliphatic rings. The Bertz CT molecular complexity index is 665. The van der Waals surface area contributed by atoms with Crippen molar-refractivity contribution in [3.05, 3.63) is 27.2 Å². The Morgan fingerprint density at radius 2 is 2.22 bits per heavy atom. The third-order valence-electron chi connectivity index (χ3n) is 2.92. The summed E-state index contributed by atoms with van der Waals surface area (Å²) >= 11 is 0. The van der Waals surface area contributed by atoms with Gasteiger partial charge in [0.15, 0.2) is 5.65 Å². The lowest BCUT2D eigenvalue weighted by Crippen LogP contribution is -2.39. The van der Waals surface area contributed by atoms with Gasteiger partial charge in [0.25, 0.3) is 5.56 Å². The molecular formula is C11H16N4O3. The Hall–Kier alpha value is -1.89. The van der Waals surface area contributed by atoms with Gasteiger partial charge in [-0.05, 0) is 19.8 Å². The highest BCUT2D eigenvalue weighted by molar-refractivity contribution is 5.68. The molecule has 2 aromatic heterocycles. The van der Waals surface area contributed by atoms with Gasteiger partial charge in [-0.2, -0.15) is 0 Å². The molecule has 0 radical (unpaired) electrons. The lowest BCUT2D eigenvalue weighted by atomic mass is 10.2. The van der Waals surface area contributed by atoms with E-state index in [9.17, 15) is 14.7 Å². The molecule has 0 saturated carbocycles. The molecule has 1 atom stereocenters. The summed E-state index contributed by atoms with van der Waals surface area (Å²) in [7, 11) is 1.58. The average molecular weight is 252 g/mol. The molecule has 1 unspecified atom stereocenters. The van der Waals surface area contributed by atoms with Crippen molar-refractivity contribution in [1.82, 2.24) is 19.1 Å². The first-order chi connectivity index (χ1) is 8.52. The molecule has 2 rings (SSSR count). The van der Waals surface area contributed by atoms with Gasteiger partial charge >= 0.3 is 5.69 Å². The smallest absolute Gasteiger partial charge is 0.332 e. The summed E-state index contributed by atoms with van der Waals surface area (Å²) in [5.41, 5.74) is -0.0627. The summed E-state index contributed by atoms with van der Waals surface area (Å²) < 4.78 is 2.51. The van der Waals surface area contributed by atoms with Gasteiger partial charge in [0.1, 0.15) is 5.52 Å². The number of aromatic amines is 1. The lowest BCUT2D eigenvalue weighted by Gasteiger charge is -2.08. The molecule has 0 aliphatic heterocycles. The molecule has 7 heteroatoms. The Morgan fingerprint density at radius 1 is 1.50 bits per heavy atom. The van der Waals surface area contributed by atoms with Gasteiger partial charge in [-0.15, -0.1) is 0 Å². The summed E-state index contributed by atoms with van der Waals surface area (Å²) in [4.78, 5) is 30.7. The number of aliphatic hydroxyl groups is 1. The van der Waals surface area contributed by atoms with Crippen LogP contribution in [0.25, 0.3) is 11.2 Å². The van der Waals surface area contributed by atoms with Crippen LogP contribution < -0.4 is 11.2 Å². The minimum Gasteiger partial charge on any atom is -0.393 e. The van der Waals surface area contributed by atoms with Crippen LogP contribution in [0.1, 0.15) is 19.8 Å². The maximum Gasteiger partial charge on any atom is 0.332 e. The van der Waals surface area contributed by atoms with E-state index < -0.39 is 6.10 Å². The summed E-state index contributed by atoms with van der Waals surface area (Å²) in [6.45, 7) is 1.98. The Morgan fingerprint density at radius 3 is 2.89 bits per heavy atom. The highest BCUT2D eigenvalue weighted by Crippen LogP contribution is 2.01. The maximum absolute atomic E-state index is 12.1. The van der Waals surface area contributed by atoms with E-state index in [1.165, 1.54) is 15.5 Å². The molecule has 2 aromatic rings. The van der Waals surface area contributed by atoms with Crippen LogP contribution in [0.2, 0.25) is 0 Å². The number of hydrogen-bond donors (Lipinski definition) is 2. The normalized spacial score (nSPS) is 13.1. The summed E-state index contributed by atoms with van der Waals surface area (Å²) in [5.74, 6) is 0. The van der Waals surface area contributed by atoms with Gasteiger partial charge in [0, 0.05) is 13.6 Å². The van der Waals surface area contributed by atoms with Crippen LogP contribution in [0, 0.1) is 0 Å². The number of imidazole rings is 1. The zero-order valence-electron chi connectivity index (χ0n) is 10.4. The zero-order valence-corrected chi connectivity index (χ0v) is 10.4. The number of aliphatic hydroxyl groups excluding tert-OH is 1. The quantitative estimate of drug-likeness (QED) is 0.773. The first kappa shape index (κ1) is 12.6. The molecule has 2 heterocycles. The summed E-state index contributed by atoms with van der Waals surface area (Å²) in [5, 5.41) is 9.18. The van der Waals surface area contributed by atoms with Crippen molar-refractivity contribution in [2.24, 2.45) is 7.05 Å². The van der Waals surface area contributed by atoms with Gasteiger partial charge in [0.05, 0.1) is 12.4 Å². The van der Waals surface area contributed by atoms with Crippen molar-refractivity contribution in [1.29, 1.82) is 0 Å². The second-order valence-corrected chi connectivity index (χ2v) is 4.39. The minimum absolute atomic E-state index is 0.297. The number of nitrogens with zero attached hydrogens (tertiary/aromatic N) is 3. The maximum atomic E-state index is 12.1. The van der Waals surface area contributed by atoms with Crippen LogP contribution in [0.3, 0.4) is 0 Å². The van der Waals surface area contributed by atoms with E-state index in [-0.39, 0.29) is 11.2 Å². The number of aryl methyl sites for hydroxylation is 1. The van der Waals surface area contributed by atoms with E-state index in [4.69, 9.17) is 0 Å². The van der Waals surface area contributed by atoms with Gasteiger partial charge in [-0.25, -0.2) is 9.78 Å². The first-order valence-electron chi connectivity index (χ1n) is 5.83. The second-order valence-electron chi connectivity index (χ2n) is 4.39. The SMILES string of the molecule is CC(O)CCCn1c(=O)c2[nH]cnc2n(C)c1=O. The molecule has 0 spiro atoms. The molecule has 98 valence electrons. The number of aromatic nitrogens is 4. The highest BCUT2D eigenvalue weighted by atomic mass is 16.3. The van der Waals surface area contributed by atoms with E-state index in [0.717, 1.165) is 0 Å². The number of rotatable bonds is 4. The topological polar surface area (TPSA) is 92.9 Å². The number of nitrogens with one attached hydrogen (secondary N) is 1. The molecule has 0 saturated heterocycles. The monoisotopic (exact) mass is 252 g/mol. The van der Waals surface area contributed by atoms with Crippen LogP contribution in [0.5, 0.6) is 0 Å². The summed E-state index contributed by atoms with van der Waals surface area (Å²) in [6.07, 6.45) is 2.09. The Kier molecular flexibility index (Phi) is 3.33. The van der Waals surface area contributed by atoms with Gasteiger partial charge in [-0.1, -0.05) is 0 Å². The molecule has 2 N–H and O–H groups in total. The fourth-order valence-corrected chi connectivity index (χ4v) is 1.93. The van der Waals surface area contributed by atoms with Crippen molar-refractivity contribution in [2.75, 3.05) is 0 Å². The molecule has 0 amide bonds. The van der Waals surface area contributed by atoms with Crippen molar-refractivity contribution < 1.29 is 5.11 Å². The largest absolute Gasteiger partial charge is 0.393 e. The predicted octanol–water partition coefficient (Wildman–Crippen LogP) is -0.416. The average Bonchev–Trinajstić information content (AvgIpc) is 2.79. The predicted molar refractivity (Wildman–Crippen MR) is 66.5 cm³/mol. The van der Waals surface area contributed by atoms with E-state index >= 15 is 0 Å². The van der Waals surface area contributed by atoms with Crippen molar-refractivity contribution >= 4 is 11.2 Å². The molecule has 0 aromatic carbocycles. The number of hydrogen-bond acceptors (Lipinski definition) is 4. The summed E-state index contributed by atoms with van der Waals surface area (Å²) in [6, 6.07) is 0. The standard InChI is InChI=1S/C11H16N4O3/c1-7(16)4-3-5-15-10(17)8-9(13-6-12-8)14(2)11(15)18/h6-7,16H,3-5H2,1-2H3,(H,12,13). The van der Waals surface area contributed by atoms with Crippen molar-refractivity contribution in [2.45, 2.75) is 32.4 Å². The minimum atomic E-state index is -0.430. The van der Waals surface area contributed by atoms with Gasteiger partial charge in [-0.3, -0.25) is 13.9 Å². The van der Waals surface area contributed by atoms with Gasteiger partial charge in [0.2, 0.25) is 0 Å². The highest BCUT2D eigenvalue weighted by Gasteiger charge is 2.12. The molecule has 18 heavy (non-hydrogen) atoms. The Labute approximate surface area is 103 Å². The number of fused-ring (bicyclic) bond motifs is 1. The zero-order chi connectivity index (χ0) is 13.3. The second kappa shape index (κ2) is 4.77. The molecule has 0 bridgehead atoms. The van der Waals surface area contributed by atoms with Crippen LogP contribution in [-0.2, 0) is 13.6 Å². The molecular weight excluding hydrogens is 236 g/mol. The molecule has 0 aliphatic carbocycles.